The summed E-state index contributed by atoms with van der Waals surface area (Å²) >= 11 is 0. The minimum Gasteiger partial charge on any atom is -0.450 e. The van der Waals surface area contributed by atoms with Crippen molar-refractivity contribution in [3.05, 3.63) is 0 Å². The average Bonchev–Trinajstić information content (AvgIpc) is 2.20. The zero-order valence-electron chi connectivity index (χ0n) is 9.38. The number of halogens is 3. The summed E-state index contributed by atoms with van der Waals surface area (Å²) < 4.78 is 40.8. The molecule has 16 heavy (non-hydrogen) atoms. The maximum Gasteiger partial charge on any atom is 0.427 e. The predicted octanol–water partition coefficient (Wildman–Crippen LogP) is 2.28. The first-order chi connectivity index (χ1) is 7.36. The van der Waals surface area contributed by atoms with Crippen molar-refractivity contribution in [1.29, 1.82) is 0 Å². The highest BCUT2D eigenvalue weighted by Crippen LogP contribution is 2.24. The van der Waals surface area contributed by atoms with E-state index in [-0.39, 0.29) is 0 Å². The molecule has 0 heterocycles. The Hall–Kier alpha value is -0.780. The molecular weight excluding hydrogens is 225 g/mol. The van der Waals surface area contributed by atoms with Crippen LogP contribution >= 0.6 is 0 Å². The molecule has 0 amide bonds. The molecular formula is C10H17F3O3. The lowest BCUT2D eigenvalue weighted by Gasteiger charge is -2.21. The fourth-order valence-corrected chi connectivity index (χ4v) is 1.28. The van der Waals surface area contributed by atoms with Gasteiger partial charge in [-0.05, 0) is 12.8 Å². The lowest BCUT2D eigenvalue weighted by atomic mass is 10.0. The number of hydrogen-bond acceptors (Lipinski definition) is 3. The molecule has 0 aliphatic rings. The van der Waals surface area contributed by atoms with Crippen molar-refractivity contribution in [1.82, 2.24) is 0 Å². The zero-order valence-corrected chi connectivity index (χ0v) is 9.38. The minimum atomic E-state index is -4.71. The Kier molecular flexibility index (Phi) is 6.40. The van der Waals surface area contributed by atoms with Crippen LogP contribution < -0.4 is 0 Å². The van der Waals surface area contributed by atoms with E-state index in [2.05, 4.69) is 4.74 Å². The average molecular weight is 242 g/mol. The summed E-state index contributed by atoms with van der Waals surface area (Å²) in [6.45, 7) is 2.31. The van der Waals surface area contributed by atoms with E-state index in [4.69, 9.17) is 5.11 Å². The Morgan fingerprint density at radius 2 is 1.94 bits per heavy atom. The summed E-state index contributed by atoms with van der Waals surface area (Å²) in [6, 6.07) is 0. The predicted molar refractivity (Wildman–Crippen MR) is 51.7 cm³/mol. The Morgan fingerprint density at radius 3 is 2.25 bits per heavy atom. The number of aliphatic hydroxyl groups is 1. The second kappa shape index (κ2) is 6.73. The molecule has 0 aliphatic carbocycles. The lowest BCUT2D eigenvalue weighted by molar-refractivity contribution is -0.230. The van der Waals surface area contributed by atoms with Crippen LogP contribution in [0.15, 0.2) is 0 Å². The molecule has 1 N–H and O–H groups in total. The Labute approximate surface area is 92.6 Å². The van der Waals surface area contributed by atoms with Gasteiger partial charge in [-0.1, -0.05) is 20.3 Å². The van der Waals surface area contributed by atoms with Gasteiger partial charge in [-0.2, -0.15) is 13.2 Å². The van der Waals surface area contributed by atoms with Crippen LogP contribution in [0.25, 0.3) is 0 Å². The van der Waals surface area contributed by atoms with Crippen LogP contribution in [-0.4, -0.2) is 30.0 Å². The first-order valence-electron chi connectivity index (χ1n) is 5.24. The molecule has 0 aromatic carbocycles. The second-order valence-electron chi connectivity index (χ2n) is 3.54. The van der Waals surface area contributed by atoms with E-state index in [0.29, 0.717) is 19.3 Å². The number of ether oxygens (including phenoxy) is 1. The monoisotopic (exact) mass is 242 g/mol. The van der Waals surface area contributed by atoms with E-state index in [9.17, 15) is 18.0 Å². The van der Waals surface area contributed by atoms with Gasteiger partial charge in [0.2, 0.25) is 6.10 Å². The van der Waals surface area contributed by atoms with Gasteiger partial charge < -0.3 is 9.84 Å². The maximum absolute atomic E-state index is 12.2. The van der Waals surface area contributed by atoms with Crippen LogP contribution in [0.1, 0.15) is 33.1 Å². The number of rotatable bonds is 6. The minimum absolute atomic E-state index is 0.433. The molecule has 6 heteroatoms. The SMILES string of the molecule is CCCC(CC)C(=O)OC(CO)C(F)(F)F. The number of carbonyl (C=O) groups is 1. The van der Waals surface area contributed by atoms with Crippen LogP contribution in [0, 0.1) is 5.92 Å². The van der Waals surface area contributed by atoms with E-state index in [1.807, 2.05) is 6.92 Å². The van der Waals surface area contributed by atoms with Gasteiger partial charge in [-0.3, -0.25) is 4.79 Å². The van der Waals surface area contributed by atoms with Crippen LogP contribution in [0.2, 0.25) is 0 Å². The molecule has 0 rings (SSSR count). The van der Waals surface area contributed by atoms with E-state index < -0.39 is 30.8 Å². The molecule has 0 bridgehead atoms. The van der Waals surface area contributed by atoms with E-state index in [1.54, 1.807) is 6.92 Å². The van der Waals surface area contributed by atoms with Crippen LogP contribution in [-0.2, 0) is 9.53 Å². The number of alkyl halides is 3. The first-order valence-corrected chi connectivity index (χ1v) is 5.24. The molecule has 0 saturated heterocycles. The third kappa shape index (κ3) is 4.83. The fraction of sp³-hybridized carbons (Fsp3) is 0.900. The molecule has 0 fully saturated rings. The quantitative estimate of drug-likeness (QED) is 0.727. The van der Waals surface area contributed by atoms with Crippen molar-refractivity contribution >= 4 is 5.97 Å². The molecule has 0 aliphatic heterocycles. The summed E-state index contributed by atoms with van der Waals surface area (Å²) in [6.07, 6.45) is -5.50. The van der Waals surface area contributed by atoms with Crippen molar-refractivity contribution in [2.75, 3.05) is 6.61 Å². The smallest absolute Gasteiger partial charge is 0.427 e. The summed E-state index contributed by atoms with van der Waals surface area (Å²) in [5, 5.41) is 8.50. The van der Waals surface area contributed by atoms with Gasteiger partial charge in [0.1, 0.15) is 0 Å². The standard InChI is InChI=1S/C10H17F3O3/c1-3-5-7(4-2)9(15)16-8(6-14)10(11,12)13/h7-8,14H,3-6H2,1-2H3. The Balaban J connectivity index is 4.39. The van der Waals surface area contributed by atoms with Gasteiger partial charge in [0.05, 0.1) is 12.5 Å². The summed E-state index contributed by atoms with van der Waals surface area (Å²) in [4.78, 5) is 11.3. The molecule has 3 nitrogen and oxygen atoms in total. The van der Waals surface area contributed by atoms with E-state index in [0.717, 1.165) is 0 Å². The largest absolute Gasteiger partial charge is 0.450 e. The molecule has 0 radical (unpaired) electrons. The number of hydrogen-bond donors (Lipinski definition) is 1. The van der Waals surface area contributed by atoms with Gasteiger partial charge in [-0.15, -0.1) is 0 Å². The highest BCUT2D eigenvalue weighted by Gasteiger charge is 2.43. The van der Waals surface area contributed by atoms with E-state index >= 15 is 0 Å². The van der Waals surface area contributed by atoms with Crippen LogP contribution in [0.3, 0.4) is 0 Å². The van der Waals surface area contributed by atoms with Crippen molar-refractivity contribution in [2.45, 2.75) is 45.4 Å². The van der Waals surface area contributed by atoms with Crippen molar-refractivity contribution in [3.8, 4) is 0 Å². The normalized spacial score (nSPS) is 15.6. The zero-order chi connectivity index (χ0) is 12.8. The number of carbonyl (C=O) groups excluding carboxylic acids is 1. The van der Waals surface area contributed by atoms with Crippen LogP contribution in [0.5, 0.6) is 0 Å². The molecule has 0 aromatic rings. The molecule has 0 spiro atoms. The molecule has 0 aromatic heterocycles. The van der Waals surface area contributed by atoms with Crippen LogP contribution in [0.4, 0.5) is 13.2 Å². The van der Waals surface area contributed by atoms with Gasteiger partial charge in [-0.25, -0.2) is 0 Å². The molecule has 96 valence electrons. The summed E-state index contributed by atoms with van der Waals surface area (Å²) in [7, 11) is 0. The lowest BCUT2D eigenvalue weighted by Crippen LogP contribution is -2.38. The number of aliphatic hydroxyl groups excluding tert-OH is 1. The molecule has 2 unspecified atom stereocenters. The van der Waals surface area contributed by atoms with E-state index in [1.165, 1.54) is 0 Å². The first kappa shape index (κ1) is 15.2. The highest BCUT2D eigenvalue weighted by atomic mass is 19.4. The molecule has 0 saturated carbocycles. The van der Waals surface area contributed by atoms with Crippen molar-refractivity contribution < 1.29 is 27.8 Å². The second-order valence-corrected chi connectivity index (χ2v) is 3.54. The van der Waals surface area contributed by atoms with Crippen molar-refractivity contribution in [3.63, 3.8) is 0 Å². The van der Waals surface area contributed by atoms with Gasteiger partial charge in [0.15, 0.2) is 0 Å². The van der Waals surface area contributed by atoms with Crippen molar-refractivity contribution in [2.24, 2.45) is 5.92 Å². The third-order valence-corrected chi connectivity index (χ3v) is 2.25. The highest BCUT2D eigenvalue weighted by molar-refractivity contribution is 5.72. The number of esters is 1. The Morgan fingerprint density at radius 1 is 1.38 bits per heavy atom. The summed E-state index contributed by atoms with van der Waals surface area (Å²) in [5.74, 6) is -1.41. The molecule has 2 atom stereocenters. The fourth-order valence-electron chi connectivity index (χ4n) is 1.28. The summed E-state index contributed by atoms with van der Waals surface area (Å²) in [5.41, 5.74) is 0. The van der Waals surface area contributed by atoms with Gasteiger partial charge in [0.25, 0.3) is 0 Å². The van der Waals surface area contributed by atoms with Gasteiger partial charge in [0, 0.05) is 0 Å². The van der Waals surface area contributed by atoms with Gasteiger partial charge >= 0.3 is 12.1 Å². The maximum atomic E-state index is 12.2. The third-order valence-electron chi connectivity index (χ3n) is 2.25. The topological polar surface area (TPSA) is 46.5 Å². The Bertz CT molecular complexity index is 216.